The molecule has 0 bridgehead atoms. The molecule has 0 aliphatic rings. The molecule has 0 heterocycles. The summed E-state index contributed by atoms with van der Waals surface area (Å²) in [6.07, 6.45) is 2.70. The van der Waals surface area contributed by atoms with Crippen molar-refractivity contribution in [2.45, 2.75) is 44.8 Å². The van der Waals surface area contributed by atoms with Crippen LogP contribution in [0.2, 0.25) is 0 Å². The van der Waals surface area contributed by atoms with E-state index in [0.29, 0.717) is 13.0 Å². The second kappa shape index (κ2) is 8.91. The molecule has 19 heavy (non-hydrogen) atoms. The smallest absolute Gasteiger partial charge is 0.119 e. The first kappa shape index (κ1) is 16.0. The maximum absolute atomic E-state index is 9.44. The van der Waals surface area contributed by atoms with E-state index in [1.807, 2.05) is 31.2 Å². The number of aliphatic hydroxyl groups excluding tert-OH is 2. The fraction of sp³-hybridized carbons (Fsp3) is 0.600. The highest BCUT2D eigenvalue weighted by molar-refractivity contribution is 5.30. The average Bonchev–Trinajstić information content (AvgIpc) is 2.44. The number of rotatable bonds is 9. The van der Waals surface area contributed by atoms with Gasteiger partial charge >= 0.3 is 0 Å². The highest BCUT2D eigenvalue weighted by atomic mass is 16.5. The molecule has 4 nitrogen and oxygen atoms in total. The summed E-state index contributed by atoms with van der Waals surface area (Å²) in [5.41, 5.74) is 6.91. The fourth-order valence-corrected chi connectivity index (χ4v) is 1.85. The molecule has 4 N–H and O–H groups in total. The third kappa shape index (κ3) is 6.05. The quantitative estimate of drug-likeness (QED) is 0.598. The Morgan fingerprint density at radius 1 is 1.32 bits per heavy atom. The lowest BCUT2D eigenvalue weighted by molar-refractivity contribution is 0.148. The Bertz CT molecular complexity index is 357. The summed E-state index contributed by atoms with van der Waals surface area (Å²) in [6, 6.07) is 7.49. The topological polar surface area (TPSA) is 75.7 Å². The van der Waals surface area contributed by atoms with Crippen molar-refractivity contribution in [3.05, 3.63) is 29.8 Å². The van der Waals surface area contributed by atoms with Gasteiger partial charge in [0.05, 0.1) is 12.7 Å². The minimum Gasteiger partial charge on any atom is -0.494 e. The SMILES string of the molecule is CCC(O)CCCOc1cccc(C(N)CCO)c1. The second-order valence-corrected chi connectivity index (χ2v) is 4.74. The van der Waals surface area contributed by atoms with Crippen LogP contribution in [0.4, 0.5) is 0 Å². The summed E-state index contributed by atoms with van der Waals surface area (Å²) >= 11 is 0. The molecule has 1 aromatic carbocycles. The monoisotopic (exact) mass is 267 g/mol. The number of ether oxygens (including phenoxy) is 1. The lowest BCUT2D eigenvalue weighted by atomic mass is 10.1. The van der Waals surface area contributed by atoms with Gasteiger partial charge in [0.25, 0.3) is 0 Å². The van der Waals surface area contributed by atoms with Crippen molar-refractivity contribution >= 4 is 0 Å². The number of benzene rings is 1. The second-order valence-electron chi connectivity index (χ2n) is 4.74. The lowest BCUT2D eigenvalue weighted by Crippen LogP contribution is -2.12. The molecule has 0 fully saturated rings. The summed E-state index contributed by atoms with van der Waals surface area (Å²) in [4.78, 5) is 0. The van der Waals surface area contributed by atoms with Gasteiger partial charge in [-0.2, -0.15) is 0 Å². The zero-order valence-electron chi connectivity index (χ0n) is 11.6. The van der Waals surface area contributed by atoms with Crippen LogP contribution in [0.25, 0.3) is 0 Å². The highest BCUT2D eigenvalue weighted by Crippen LogP contribution is 2.20. The normalized spacial score (nSPS) is 14.1. The van der Waals surface area contributed by atoms with Gasteiger partial charge in [0, 0.05) is 12.6 Å². The molecule has 1 rings (SSSR count). The Hall–Kier alpha value is -1.10. The number of hydrogen-bond donors (Lipinski definition) is 3. The molecular formula is C15H25NO3. The summed E-state index contributed by atoms with van der Waals surface area (Å²) in [7, 11) is 0. The van der Waals surface area contributed by atoms with Crippen LogP contribution in [0.15, 0.2) is 24.3 Å². The lowest BCUT2D eigenvalue weighted by Gasteiger charge is -2.13. The summed E-state index contributed by atoms with van der Waals surface area (Å²) in [5, 5.41) is 18.3. The van der Waals surface area contributed by atoms with Crippen LogP contribution in [0.3, 0.4) is 0 Å². The molecule has 0 aliphatic heterocycles. The Balaban J connectivity index is 2.40. The zero-order valence-corrected chi connectivity index (χ0v) is 11.6. The molecule has 0 aromatic heterocycles. The van der Waals surface area contributed by atoms with Crippen molar-refractivity contribution < 1.29 is 14.9 Å². The average molecular weight is 267 g/mol. The van der Waals surface area contributed by atoms with Crippen molar-refractivity contribution in [3.8, 4) is 5.75 Å². The zero-order chi connectivity index (χ0) is 14.1. The molecule has 0 radical (unpaired) electrons. The Morgan fingerprint density at radius 3 is 2.79 bits per heavy atom. The molecule has 0 saturated heterocycles. The maximum atomic E-state index is 9.44. The molecular weight excluding hydrogens is 242 g/mol. The molecule has 2 unspecified atom stereocenters. The van der Waals surface area contributed by atoms with E-state index < -0.39 is 0 Å². The van der Waals surface area contributed by atoms with Crippen LogP contribution in [0, 0.1) is 0 Å². The van der Waals surface area contributed by atoms with Crippen molar-refractivity contribution in [3.63, 3.8) is 0 Å². The van der Waals surface area contributed by atoms with Crippen molar-refractivity contribution in [2.75, 3.05) is 13.2 Å². The van der Waals surface area contributed by atoms with E-state index in [-0.39, 0.29) is 18.8 Å². The van der Waals surface area contributed by atoms with Gasteiger partial charge in [-0.3, -0.25) is 0 Å². The van der Waals surface area contributed by atoms with Crippen molar-refractivity contribution in [2.24, 2.45) is 5.73 Å². The standard InChI is InChI=1S/C15H25NO3/c1-2-13(18)6-4-10-19-14-7-3-5-12(11-14)15(16)8-9-17/h3,5,7,11,13,15,17-18H,2,4,6,8-10,16H2,1H3. The first-order chi connectivity index (χ1) is 9.17. The van der Waals surface area contributed by atoms with Crippen LogP contribution in [0.5, 0.6) is 5.75 Å². The summed E-state index contributed by atoms with van der Waals surface area (Å²) in [5.74, 6) is 0.789. The Labute approximate surface area is 115 Å². The fourth-order valence-electron chi connectivity index (χ4n) is 1.85. The molecule has 1 aromatic rings. The minimum absolute atomic E-state index is 0.0845. The molecule has 0 amide bonds. The van der Waals surface area contributed by atoms with E-state index in [2.05, 4.69) is 0 Å². The molecule has 0 aliphatic carbocycles. The first-order valence-corrected chi connectivity index (χ1v) is 6.94. The number of hydrogen-bond acceptors (Lipinski definition) is 4. The van der Waals surface area contributed by atoms with Crippen LogP contribution in [-0.2, 0) is 0 Å². The molecule has 0 saturated carbocycles. The molecule has 4 heteroatoms. The van der Waals surface area contributed by atoms with Crippen molar-refractivity contribution in [1.29, 1.82) is 0 Å². The molecule has 0 spiro atoms. The highest BCUT2D eigenvalue weighted by Gasteiger charge is 2.06. The van der Waals surface area contributed by atoms with Crippen molar-refractivity contribution in [1.82, 2.24) is 0 Å². The van der Waals surface area contributed by atoms with Gasteiger partial charge in [0.15, 0.2) is 0 Å². The van der Waals surface area contributed by atoms with E-state index in [4.69, 9.17) is 15.6 Å². The third-order valence-electron chi connectivity index (χ3n) is 3.15. The molecule has 108 valence electrons. The van der Waals surface area contributed by atoms with Gasteiger partial charge in [-0.1, -0.05) is 19.1 Å². The van der Waals surface area contributed by atoms with Gasteiger partial charge in [-0.25, -0.2) is 0 Å². The largest absolute Gasteiger partial charge is 0.494 e. The summed E-state index contributed by atoms with van der Waals surface area (Å²) < 4.78 is 5.64. The number of nitrogens with two attached hydrogens (primary N) is 1. The van der Waals surface area contributed by atoms with E-state index in [0.717, 1.165) is 30.6 Å². The minimum atomic E-state index is -0.229. The van der Waals surface area contributed by atoms with Gasteiger partial charge in [0.2, 0.25) is 0 Å². The maximum Gasteiger partial charge on any atom is 0.119 e. The van der Waals surface area contributed by atoms with Crippen LogP contribution in [0.1, 0.15) is 44.2 Å². The summed E-state index contributed by atoms with van der Waals surface area (Å²) in [6.45, 7) is 2.65. The van der Waals surface area contributed by atoms with Gasteiger partial charge < -0.3 is 20.7 Å². The van der Waals surface area contributed by atoms with E-state index in [9.17, 15) is 5.11 Å². The van der Waals surface area contributed by atoms with Crippen LogP contribution in [-0.4, -0.2) is 29.5 Å². The first-order valence-electron chi connectivity index (χ1n) is 6.94. The van der Waals surface area contributed by atoms with Gasteiger partial charge in [-0.15, -0.1) is 0 Å². The van der Waals surface area contributed by atoms with E-state index in [1.54, 1.807) is 0 Å². The Kier molecular flexibility index (Phi) is 7.48. The predicted molar refractivity (Wildman–Crippen MR) is 76.1 cm³/mol. The van der Waals surface area contributed by atoms with Gasteiger partial charge in [-0.05, 0) is 43.4 Å². The Morgan fingerprint density at radius 2 is 2.11 bits per heavy atom. The van der Waals surface area contributed by atoms with E-state index in [1.165, 1.54) is 0 Å². The van der Waals surface area contributed by atoms with Gasteiger partial charge in [0.1, 0.15) is 5.75 Å². The predicted octanol–water partition coefficient (Wildman–Crippen LogP) is 2.00. The van der Waals surface area contributed by atoms with E-state index >= 15 is 0 Å². The third-order valence-corrected chi connectivity index (χ3v) is 3.15. The van der Waals surface area contributed by atoms with Crippen LogP contribution >= 0.6 is 0 Å². The molecule has 2 atom stereocenters. The number of aliphatic hydroxyl groups is 2. The van der Waals surface area contributed by atoms with Crippen LogP contribution < -0.4 is 10.5 Å².